The van der Waals surface area contributed by atoms with Gasteiger partial charge in [0.2, 0.25) is 0 Å². The number of aliphatic hydroxyl groups excluding tert-OH is 1. The summed E-state index contributed by atoms with van der Waals surface area (Å²) >= 11 is 5.63. The maximum atomic E-state index is 12.8. The van der Waals surface area contributed by atoms with Crippen molar-refractivity contribution in [3.05, 3.63) is 34.6 Å². The fourth-order valence-corrected chi connectivity index (χ4v) is 1.50. The number of hydrogen-bond acceptors (Lipinski definition) is 1. The number of rotatable bonds is 4. The van der Waals surface area contributed by atoms with Crippen molar-refractivity contribution in [3.8, 4) is 0 Å². The van der Waals surface area contributed by atoms with Gasteiger partial charge in [-0.1, -0.05) is 17.7 Å². The van der Waals surface area contributed by atoms with E-state index in [1.165, 1.54) is 6.07 Å². The molecular weight excluding hydrogens is 203 g/mol. The minimum absolute atomic E-state index is 0.166. The van der Waals surface area contributed by atoms with Crippen LogP contribution < -0.4 is 0 Å². The van der Waals surface area contributed by atoms with E-state index in [9.17, 15) is 4.39 Å². The summed E-state index contributed by atoms with van der Waals surface area (Å²) in [5.74, 6) is -0.383. The van der Waals surface area contributed by atoms with Crippen LogP contribution >= 0.6 is 11.6 Å². The summed E-state index contributed by atoms with van der Waals surface area (Å²) in [6, 6.07) is 4.74. The lowest BCUT2D eigenvalue weighted by atomic mass is 10.1. The second-order valence-electron chi connectivity index (χ2n) is 3.49. The zero-order chi connectivity index (χ0) is 10.6. The van der Waals surface area contributed by atoms with Gasteiger partial charge in [0.15, 0.2) is 0 Å². The Bertz CT molecular complexity index is 299. The normalized spacial score (nSPS) is 12.9. The second kappa shape index (κ2) is 5.32. The van der Waals surface area contributed by atoms with Crippen molar-refractivity contribution in [1.29, 1.82) is 0 Å². The molecule has 0 saturated carbocycles. The fourth-order valence-electron chi connectivity index (χ4n) is 1.30. The van der Waals surface area contributed by atoms with E-state index >= 15 is 0 Å². The molecule has 1 aromatic rings. The highest BCUT2D eigenvalue weighted by atomic mass is 35.5. The molecule has 0 bridgehead atoms. The zero-order valence-corrected chi connectivity index (χ0v) is 8.89. The van der Waals surface area contributed by atoms with Crippen LogP contribution in [0, 0.1) is 5.82 Å². The highest BCUT2D eigenvalue weighted by Crippen LogP contribution is 2.17. The van der Waals surface area contributed by atoms with E-state index in [2.05, 4.69) is 0 Å². The number of benzene rings is 1. The van der Waals surface area contributed by atoms with Gasteiger partial charge in [-0.15, -0.1) is 0 Å². The molecule has 0 aliphatic heterocycles. The average Bonchev–Trinajstić information content (AvgIpc) is 2.10. The molecule has 1 nitrogen and oxygen atoms in total. The summed E-state index contributed by atoms with van der Waals surface area (Å²) in [5.41, 5.74) is 1.01. The molecule has 0 aliphatic rings. The van der Waals surface area contributed by atoms with Gasteiger partial charge in [-0.25, -0.2) is 4.39 Å². The van der Waals surface area contributed by atoms with Crippen molar-refractivity contribution in [2.75, 3.05) is 0 Å². The molecule has 1 unspecified atom stereocenters. The average molecular weight is 217 g/mol. The summed E-state index contributed by atoms with van der Waals surface area (Å²) < 4.78 is 12.8. The van der Waals surface area contributed by atoms with Crippen molar-refractivity contribution < 1.29 is 9.50 Å². The predicted molar refractivity (Wildman–Crippen MR) is 56.0 cm³/mol. The lowest BCUT2D eigenvalue weighted by Gasteiger charge is -2.04. The molecule has 1 rings (SSSR count). The lowest BCUT2D eigenvalue weighted by molar-refractivity contribution is 0.182. The molecule has 1 N–H and O–H groups in total. The Kier molecular flexibility index (Phi) is 4.36. The highest BCUT2D eigenvalue weighted by Gasteiger charge is 2.01. The quantitative estimate of drug-likeness (QED) is 0.820. The number of hydrogen-bond donors (Lipinski definition) is 1. The summed E-state index contributed by atoms with van der Waals surface area (Å²) in [7, 11) is 0. The van der Waals surface area contributed by atoms with Crippen LogP contribution in [-0.4, -0.2) is 11.2 Å². The molecule has 0 radical (unpaired) electrons. The predicted octanol–water partition coefficient (Wildman–Crippen LogP) is 3.18. The minimum Gasteiger partial charge on any atom is -0.393 e. The minimum atomic E-state index is -0.383. The molecule has 0 fully saturated rings. The Morgan fingerprint density at radius 3 is 2.79 bits per heavy atom. The van der Waals surface area contributed by atoms with Gasteiger partial charge in [-0.3, -0.25) is 0 Å². The molecule has 0 aliphatic carbocycles. The van der Waals surface area contributed by atoms with Crippen LogP contribution in [0.4, 0.5) is 4.39 Å². The molecule has 0 heterocycles. The zero-order valence-electron chi connectivity index (χ0n) is 8.13. The molecule has 1 aromatic carbocycles. The van der Waals surface area contributed by atoms with Gasteiger partial charge in [-0.2, -0.15) is 0 Å². The fraction of sp³-hybridized carbons (Fsp3) is 0.455. The van der Waals surface area contributed by atoms with E-state index < -0.39 is 0 Å². The van der Waals surface area contributed by atoms with E-state index in [1.807, 2.05) is 0 Å². The van der Waals surface area contributed by atoms with Gasteiger partial charge in [0.25, 0.3) is 0 Å². The first-order chi connectivity index (χ1) is 6.59. The Morgan fingerprint density at radius 2 is 2.21 bits per heavy atom. The van der Waals surface area contributed by atoms with Crippen LogP contribution in [0.15, 0.2) is 18.2 Å². The first-order valence-corrected chi connectivity index (χ1v) is 5.09. The van der Waals surface area contributed by atoms with Crippen LogP contribution in [0.2, 0.25) is 5.02 Å². The monoisotopic (exact) mass is 216 g/mol. The topological polar surface area (TPSA) is 20.2 Å². The Labute approximate surface area is 88.5 Å². The van der Waals surface area contributed by atoms with E-state index in [4.69, 9.17) is 16.7 Å². The summed E-state index contributed by atoms with van der Waals surface area (Å²) in [6.07, 6.45) is 2.20. The molecule has 78 valence electrons. The standard InChI is InChI=1S/C11H14ClFO/c1-8(14)3-2-4-9-5-6-11(13)10(12)7-9/h5-8,14H,2-4H2,1H3. The third-order valence-corrected chi connectivity index (χ3v) is 2.36. The van der Waals surface area contributed by atoms with Crippen LogP contribution in [0.3, 0.4) is 0 Å². The van der Waals surface area contributed by atoms with E-state index in [1.54, 1.807) is 19.1 Å². The Hall–Kier alpha value is -0.600. The maximum Gasteiger partial charge on any atom is 0.141 e. The van der Waals surface area contributed by atoms with Crippen LogP contribution in [0.5, 0.6) is 0 Å². The van der Waals surface area contributed by atoms with Gasteiger partial charge < -0.3 is 5.11 Å². The lowest BCUT2D eigenvalue weighted by Crippen LogP contribution is -1.99. The van der Waals surface area contributed by atoms with Gasteiger partial charge in [-0.05, 0) is 43.9 Å². The molecule has 3 heteroatoms. The number of aliphatic hydroxyl groups is 1. The largest absolute Gasteiger partial charge is 0.393 e. The molecule has 14 heavy (non-hydrogen) atoms. The third-order valence-electron chi connectivity index (χ3n) is 2.07. The van der Waals surface area contributed by atoms with Gasteiger partial charge >= 0.3 is 0 Å². The first-order valence-electron chi connectivity index (χ1n) is 4.71. The van der Waals surface area contributed by atoms with E-state index in [-0.39, 0.29) is 16.9 Å². The Morgan fingerprint density at radius 1 is 1.50 bits per heavy atom. The number of halogens is 2. The smallest absolute Gasteiger partial charge is 0.141 e. The molecule has 1 atom stereocenters. The van der Waals surface area contributed by atoms with Gasteiger partial charge in [0.1, 0.15) is 5.82 Å². The van der Waals surface area contributed by atoms with E-state index in [0.717, 1.165) is 24.8 Å². The second-order valence-corrected chi connectivity index (χ2v) is 3.90. The molecule has 0 spiro atoms. The molecular formula is C11H14ClFO. The number of aryl methyl sites for hydroxylation is 1. The van der Waals surface area contributed by atoms with Crippen molar-refractivity contribution in [2.45, 2.75) is 32.3 Å². The van der Waals surface area contributed by atoms with Crippen LogP contribution in [0.1, 0.15) is 25.3 Å². The molecule has 0 aromatic heterocycles. The van der Waals surface area contributed by atoms with Crippen molar-refractivity contribution in [3.63, 3.8) is 0 Å². The third kappa shape index (κ3) is 3.64. The Balaban J connectivity index is 2.47. The van der Waals surface area contributed by atoms with Crippen molar-refractivity contribution >= 4 is 11.6 Å². The van der Waals surface area contributed by atoms with E-state index in [0.29, 0.717) is 0 Å². The van der Waals surface area contributed by atoms with Crippen LogP contribution in [0.25, 0.3) is 0 Å². The van der Waals surface area contributed by atoms with Crippen molar-refractivity contribution in [1.82, 2.24) is 0 Å². The molecule has 0 saturated heterocycles. The van der Waals surface area contributed by atoms with Crippen molar-refractivity contribution in [2.24, 2.45) is 0 Å². The van der Waals surface area contributed by atoms with Crippen LogP contribution in [-0.2, 0) is 6.42 Å². The highest BCUT2D eigenvalue weighted by molar-refractivity contribution is 6.30. The molecule has 0 amide bonds. The first kappa shape index (κ1) is 11.5. The SMILES string of the molecule is CC(O)CCCc1ccc(F)c(Cl)c1. The summed E-state index contributed by atoms with van der Waals surface area (Å²) in [5, 5.41) is 9.21. The maximum absolute atomic E-state index is 12.8. The van der Waals surface area contributed by atoms with Gasteiger partial charge in [0, 0.05) is 0 Å². The summed E-state index contributed by atoms with van der Waals surface area (Å²) in [4.78, 5) is 0. The summed E-state index contributed by atoms with van der Waals surface area (Å²) in [6.45, 7) is 1.76. The van der Waals surface area contributed by atoms with Gasteiger partial charge in [0.05, 0.1) is 11.1 Å².